The molecule has 0 aliphatic carbocycles. The van der Waals surface area contributed by atoms with Crippen LogP contribution in [0.1, 0.15) is 28.6 Å². The molecule has 0 saturated heterocycles. The molecule has 1 aliphatic heterocycles. The molecule has 168 valence electrons. The fraction of sp³-hybridized carbons (Fsp3) is 0.111. The van der Waals surface area contributed by atoms with E-state index < -0.39 is 5.54 Å². The molecule has 0 saturated carbocycles. The van der Waals surface area contributed by atoms with Crippen LogP contribution in [0.5, 0.6) is 0 Å². The summed E-state index contributed by atoms with van der Waals surface area (Å²) in [6, 6.07) is 31.3. The lowest BCUT2D eigenvalue weighted by atomic mass is 9.76. The molecule has 2 aromatic heterocycles. The Morgan fingerprint density at radius 3 is 2.18 bits per heavy atom. The number of ether oxygens (including phenoxy) is 1. The fourth-order valence-electron chi connectivity index (χ4n) is 4.20. The molecule has 1 aliphatic rings. The van der Waals surface area contributed by atoms with Crippen LogP contribution in [0, 0.1) is 0 Å². The van der Waals surface area contributed by atoms with Crippen molar-refractivity contribution in [1.29, 1.82) is 0 Å². The summed E-state index contributed by atoms with van der Waals surface area (Å²) in [5.74, 6) is 0.370. The van der Waals surface area contributed by atoms with Crippen molar-refractivity contribution in [2.24, 2.45) is 10.2 Å². The second-order valence-corrected chi connectivity index (χ2v) is 7.77. The molecule has 0 radical (unpaired) electrons. The summed E-state index contributed by atoms with van der Waals surface area (Å²) >= 11 is 0. The molecule has 3 heterocycles. The van der Waals surface area contributed by atoms with Gasteiger partial charge in [0, 0.05) is 18.0 Å². The third-order valence-corrected chi connectivity index (χ3v) is 5.78. The highest BCUT2D eigenvalue weighted by Crippen LogP contribution is 2.41. The first-order valence-electron chi connectivity index (χ1n) is 11.0. The van der Waals surface area contributed by atoms with E-state index in [0.717, 1.165) is 22.5 Å². The first-order valence-corrected chi connectivity index (χ1v) is 11.0. The summed E-state index contributed by atoms with van der Waals surface area (Å²) in [4.78, 5) is 9.04. The highest BCUT2D eigenvalue weighted by molar-refractivity contribution is 6.09. The minimum atomic E-state index is -0.879. The number of nitrogens with one attached hydrogen (secondary N) is 2. The Morgan fingerprint density at radius 1 is 0.853 bits per heavy atom. The van der Waals surface area contributed by atoms with Gasteiger partial charge in [-0.1, -0.05) is 72.8 Å². The van der Waals surface area contributed by atoms with Crippen LogP contribution in [-0.4, -0.2) is 28.7 Å². The molecular formula is C27H24N6O. The fourth-order valence-corrected chi connectivity index (χ4v) is 4.20. The lowest BCUT2D eigenvalue weighted by molar-refractivity contribution is 0.341. The van der Waals surface area contributed by atoms with Crippen LogP contribution in [0.3, 0.4) is 0 Å². The zero-order valence-corrected chi connectivity index (χ0v) is 18.7. The summed E-state index contributed by atoms with van der Waals surface area (Å²) in [6.07, 6.45) is 3.49. The van der Waals surface area contributed by atoms with Gasteiger partial charge in [-0.05, 0) is 29.8 Å². The van der Waals surface area contributed by atoms with Crippen molar-refractivity contribution in [1.82, 2.24) is 20.8 Å². The number of nitrogens with zero attached hydrogens (tertiary/aromatic N) is 4. The maximum absolute atomic E-state index is 5.61. The normalized spacial score (nSPS) is 19.7. The zero-order chi connectivity index (χ0) is 23.2. The second kappa shape index (κ2) is 9.54. The summed E-state index contributed by atoms with van der Waals surface area (Å²) in [7, 11) is 1.58. The van der Waals surface area contributed by atoms with Gasteiger partial charge in [-0.3, -0.25) is 20.8 Å². The van der Waals surface area contributed by atoms with Crippen molar-refractivity contribution in [3.63, 3.8) is 0 Å². The number of aromatic nitrogens is 2. The van der Waals surface area contributed by atoms with Crippen molar-refractivity contribution in [2.75, 3.05) is 7.11 Å². The number of rotatable bonds is 6. The van der Waals surface area contributed by atoms with Crippen LogP contribution >= 0.6 is 0 Å². The van der Waals surface area contributed by atoms with E-state index in [-0.39, 0.29) is 6.04 Å². The van der Waals surface area contributed by atoms with Gasteiger partial charge >= 0.3 is 0 Å². The minimum Gasteiger partial charge on any atom is -0.478 e. The third-order valence-electron chi connectivity index (χ3n) is 5.78. The van der Waals surface area contributed by atoms with Gasteiger partial charge in [0.05, 0.1) is 12.8 Å². The smallest absolute Gasteiger partial charge is 0.256 e. The average Bonchev–Trinajstić information content (AvgIpc) is 3.31. The summed E-state index contributed by atoms with van der Waals surface area (Å²) < 4.78 is 5.61. The summed E-state index contributed by atoms with van der Waals surface area (Å²) in [6.45, 7) is 0. The van der Waals surface area contributed by atoms with Gasteiger partial charge in [-0.2, -0.15) is 5.10 Å². The number of hydrogen-bond acceptors (Lipinski definition) is 7. The lowest BCUT2D eigenvalue weighted by Crippen LogP contribution is -2.51. The van der Waals surface area contributed by atoms with Crippen molar-refractivity contribution in [3.05, 3.63) is 132 Å². The summed E-state index contributed by atoms with van der Waals surface area (Å²) in [5, 5.41) is 9.54. The predicted octanol–water partition coefficient (Wildman–Crippen LogP) is 4.02. The van der Waals surface area contributed by atoms with Gasteiger partial charge < -0.3 is 4.74 Å². The molecule has 5 rings (SSSR count). The molecule has 0 spiro atoms. The van der Waals surface area contributed by atoms with Crippen LogP contribution < -0.4 is 10.9 Å². The van der Waals surface area contributed by atoms with E-state index >= 15 is 0 Å². The van der Waals surface area contributed by atoms with Crippen LogP contribution in [0.2, 0.25) is 0 Å². The summed E-state index contributed by atoms with van der Waals surface area (Å²) in [5.41, 5.74) is 10.1. The van der Waals surface area contributed by atoms with E-state index in [9.17, 15) is 0 Å². The molecule has 7 nitrogen and oxygen atoms in total. The number of hydrogen-bond donors (Lipinski definition) is 2. The Morgan fingerprint density at radius 2 is 1.53 bits per heavy atom. The maximum Gasteiger partial charge on any atom is 0.256 e. The van der Waals surface area contributed by atoms with Gasteiger partial charge in [0.25, 0.3) is 5.90 Å². The Kier molecular flexibility index (Phi) is 5.99. The molecule has 0 fully saturated rings. The van der Waals surface area contributed by atoms with Crippen molar-refractivity contribution < 1.29 is 4.74 Å². The van der Waals surface area contributed by atoms with Crippen LogP contribution in [0.4, 0.5) is 0 Å². The topological polar surface area (TPSA) is 83.8 Å². The molecule has 2 aromatic carbocycles. The van der Waals surface area contributed by atoms with Crippen molar-refractivity contribution in [3.8, 4) is 0 Å². The number of benzene rings is 2. The first kappa shape index (κ1) is 21.3. The van der Waals surface area contributed by atoms with Gasteiger partial charge in [-0.25, -0.2) is 0 Å². The second-order valence-electron chi connectivity index (χ2n) is 7.77. The van der Waals surface area contributed by atoms with Gasteiger partial charge in [0.1, 0.15) is 17.4 Å². The molecule has 34 heavy (non-hydrogen) atoms. The molecule has 4 aromatic rings. The van der Waals surface area contributed by atoms with Gasteiger partial charge in [-0.15, -0.1) is 5.10 Å². The van der Waals surface area contributed by atoms with E-state index in [1.165, 1.54) is 0 Å². The maximum atomic E-state index is 5.61. The monoisotopic (exact) mass is 448 g/mol. The SMILES string of the molecule is CO/C(=N\N[C@]1(c2ccccc2)C(c2ccccc2)=NN[C@@H]1c1ccccn1)c1ccccn1. The molecule has 0 amide bonds. The molecular weight excluding hydrogens is 424 g/mol. The Bertz CT molecular complexity index is 1280. The molecule has 0 unspecified atom stereocenters. The molecule has 0 bridgehead atoms. The quantitative estimate of drug-likeness (QED) is 0.264. The largest absolute Gasteiger partial charge is 0.478 e. The Balaban J connectivity index is 1.70. The molecule has 2 N–H and O–H groups in total. The van der Waals surface area contributed by atoms with E-state index in [1.54, 1.807) is 19.5 Å². The third kappa shape index (κ3) is 3.88. The first-order chi connectivity index (χ1) is 16.8. The van der Waals surface area contributed by atoms with Crippen LogP contribution in [-0.2, 0) is 10.3 Å². The van der Waals surface area contributed by atoms with Crippen LogP contribution in [0.25, 0.3) is 0 Å². The predicted molar refractivity (Wildman–Crippen MR) is 132 cm³/mol. The minimum absolute atomic E-state index is 0.336. The zero-order valence-electron chi connectivity index (χ0n) is 18.7. The van der Waals surface area contributed by atoms with Crippen molar-refractivity contribution >= 4 is 11.6 Å². The van der Waals surface area contributed by atoms with E-state index in [0.29, 0.717) is 11.6 Å². The number of pyridine rings is 2. The molecule has 2 atom stereocenters. The highest BCUT2D eigenvalue weighted by Gasteiger charge is 2.51. The molecule has 7 heteroatoms. The Hall–Kier alpha value is -4.52. The van der Waals surface area contributed by atoms with E-state index in [2.05, 4.69) is 33.0 Å². The van der Waals surface area contributed by atoms with Gasteiger partial charge in [0.15, 0.2) is 5.54 Å². The number of methoxy groups -OCH3 is 1. The van der Waals surface area contributed by atoms with Crippen LogP contribution in [0.15, 0.2) is 120 Å². The average molecular weight is 449 g/mol. The standard InChI is InChI=1S/C27H24N6O/c1-34-26(23-17-9-11-19-29-23)32-33-27(21-14-6-3-7-15-21)24(20-12-4-2-5-13-20)30-31-25(27)22-16-8-10-18-28-22/h2-19,25,31,33H,1H3/b32-26-/t25-,27-/m1/s1. The Labute approximate surface area is 198 Å². The highest BCUT2D eigenvalue weighted by atomic mass is 16.5. The van der Waals surface area contributed by atoms with E-state index in [1.807, 2.05) is 84.9 Å². The van der Waals surface area contributed by atoms with E-state index in [4.69, 9.17) is 14.9 Å². The van der Waals surface area contributed by atoms with Crippen molar-refractivity contribution in [2.45, 2.75) is 11.6 Å². The lowest BCUT2D eigenvalue weighted by Gasteiger charge is -2.36. The van der Waals surface area contributed by atoms with Gasteiger partial charge in [0.2, 0.25) is 0 Å². The number of hydrazone groups is 2.